The minimum atomic E-state index is -0.648. The zero-order chi connectivity index (χ0) is 17.1. The fraction of sp³-hybridized carbons (Fsp3) is 0.118. The highest BCUT2D eigenvalue weighted by molar-refractivity contribution is 14.1. The Morgan fingerprint density at radius 1 is 1.25 bits per heavy atom. The summed E-state index contributed by atoms with van der Waals surface area (Å²) >= 11 is 2.01. The van der Waals surface area contributed by atoms with Gasteiger partial charge in [0.2, 0.25) is 0 Å². The van der Waals surface area contributed by atoms with Gasteiger partial charge >= 0.3 is 5.97 Å². The quantitative estimate of drug-likeness (QED) is 0.380. The molecule has 0 aliphatic rings. The first-order valence-corrected chi connectivity index (χ1v) is 8.25. The lowest BCUT2D eigenvalue weighted by atomic mass is 10.1. The Hall–Kier alpha value is -2.42. The molecule has 0 unspecified atom stereocenters. The Labute approximate surface area is 151 Å². The van der Waals surface area contributed by atoms with Crippen LogP contribution in [0.2, 0.25) is 0 Å². The van der Waals surface area contributed by atoms with Gasteiger partial charge < -0.3 is 14.6 Å². The molecule has 3 aromatic rings. The highest BCUT2D eigenvalue weighted by Crippen LogP contribution is 2.34. The number of rotatable bonds is 4. The molecule has 0 saturated heterocycles. The number of pyridine rings is 2. The Kier molecular flexibility index (Phi) is 4.79. The fourth-order valence-electron chi connectivity index (χ4n) is 2.19. The van der Waals surface area contributed by atoms with Crippen LogP contribution < -0.4 is 4.74 Å². The van der Waals surface area contributed by atoms with Gasteiger partial charge in [-0.05, 0) is 59.8 Å². The fourth-order valence-corrected chi connectivity index (χ4v) is 2.88. The molecule has 122 valence electrons. The maximum Gasteiger partial charge on any atom is 0.360 e. The largest absolute Gasteiger partial charge is 0.505 e. The third-order valence-electron chi connectivity index (χ3n) is 3.24. The van der Waals surface area contributed by atoms with Crippen molar-refractivity contribution in [1.82, 2.24) is 9.97 Å². The van der Waals surface area contributed by atoms with Crippen LogP contribution in [0.1, 0.15) is 17.4 Å². The summed E-state index contributed by atoms with van der Waals surface area (Å²) in [6, 6.07) is 8.72. The molecule has 0 atom stereocenters. The van der Waals surface area contributed by atoms with E-state index in [9.17, 15) is 9.90 Å². The Morgan fingerprint density at radius 3 is 2.79 bits per heavy atom. The molecule has 0 saturated carbocycles. The van der Waals surface area contributed by atoms with Crippen molar-refractivity contribution >= 4 is 39.3 Å². The summed E-state index contributed by atoms with van der Waals surface area (Å²) in [5, 5.41) is 11.5. The van der Waals surface area contributed by atoms with Crippen molar-refractivity contribution < 1.29 is 19.4 Å². The molecule has 7 heteroatoms. The van der Waals surface area contributed by atoms with Crippen LogP contribution in [-0.4, -0.2) is 27.7 Å². The zero-order valence-electron chi connectivity index (χ0n) is 12.7. The molecule has 0 aliphatic heterocycles. The van der Waals surface area contributed by atoms with E-state index in [0.29, 0.717) is 26.0 Å². The van der Waals surface area contributed by atoms with E-state index in [1.54, 1.807) is 49.6 Å². The lowest BCUT2D eigenvalue weighted by molar-refractivity contribution is 0.0516. The smallest absolute Gasteiger partial charge is 0.360 e. The number of aromatic nitrogens is 2. The van der Waals surface area contributed by atoms with Gasteiger partial charge in [-0.3, -0.25) is 4.98 Å². The normalized spacial score (nSPS) is 10.6. The molecule has 1 N–H and O–H groups in total. The summed E-state index contributed by atoms with van der Waals surface area (Å²) < 4.78 is 11.2. The number of aromatic hydroxyl groups is 1. The van der Waals surface area contributed by atoms with Crippen molar-refractivity contribution in [2.45, 2.75) is 6.92 Å². The molecule has 0 spiro atoms. The first-order valence-electron chi connectivity index (χ1n) is 7.17. The summed E-state index contributed by atoms with van der Waals surface area (Å²) in [4.78, 5) is 20.0. The third kappa shape index (κ3) is 3.25. The Bertz CT molecular complexity index is 900. The van der Waals surface area contributed by atoms with Gasteiger partial charge in [0, 0.05) is 17.0 Å². The molecule has 2 heterocycles. The molecule has 6 nitrogen and oxygen atoms in total. The van der Waals surface area contributed by atoms with Crippen molar-refractivity contribution in [1.29, 1.82) is 0 Å². The van der Waals surface area contributed by atoms with Gasteiger partial charge in [-0.1, -0.05) is 0 Å². The summed E-state index contributed by atoms with van der Waals surface area (Å²) in [6.45, 7) is 1.91. The van der Waals surface area contributed by atoms with E-state index in [1.807, 2.05) is 22.6 Å². The number of hydrogen-bond acceptors (Lipinski definition) is 6. The maximum absolute atomic E-state index is 11.9. The maximum atomic E-state index is 11.9. The highest BCUT2D eigenvalue weighted by atomic mass is 127. The van der Waals surface area contributed by atoms with E-state index in [2.05, 4.69) is 9.97 Å². The van der Waals surface area contributed by atoms with Crippen LogP contribution in [0.5, 0.6) is 17.2 Å². The van der Waals surface area contributed by atoms with Gasteiger partial charge in [0.25, 0.3) is 0 Å². The van der Waals surface area contributed by atoms with Crippen LogP contribution in [0.3, 0.4) is 0 Å². The number of carbonyl (C=O) groups excluding carboxylic acids is 1. The van der Waals surface area contributed by atoms with Crippen molar-refractivity contribution in [2.75, 3.05) is 6.61 Å². The molecule has 3 rings (SSSR count). The van der Waals surface area contributed by atoms with E-state index < -0.39 is 5.97 Å². The minimum absolute atomic E-state index is 0.0883. The molecule has 2 aromatic heterocycles. The highest BCUT2D eigenvalue weighted by Gasteiger charge is 2.19. The van der Waals surface area contributed by atoms with Crippen molar-refractivity contribution in [3.8, 4) is 17.2 Å². The summed E-state index contributed by atoms with van der Waals surface area (Å²) in [5.74, 6) is 0.341. The van der Waals surface area contributed by atoms with Gasteiger partial charge in [0.15, 0.2) is 11.4 Å². The van der Waals surface area contributed by atoms with E-state index in [1.165, 1.54) is 0 Å². The number of fused-ring (bicyclic) bond motifs is 1. The number of carbonyl (C=O) groups is 1. The minimum Gasteiger partial charge on any atom is -0.505 e. The number of halogens is 1. The SMILES string of the molecule is CCOC(=O)c1nc(I)c2cc(Oc3cccnc3)ccc2c1O. The number of ether oxygens (including phenoxy) is 2. The van der Waals surface area contributed by atoms with Crippen LogP contribution in [0.25, 0.3) is 10.8 Å². The Morgan fingerprint density at radius 2 is 2.08 bits per heavy atom. The molecule has 24 heavy (non-hydrogen) atoms. The summed E-state index contributed by atoms with van der Waals surface area (Å²) in [6.07, 6.45) is 3.27. The molecule has 1 aromatic carbocycles. The number of nitrogens with zero attached hydrogens (tertiary/aromatic N) is 2. The van der Waals surface area contributed by atoms with Crippen molar-refractivity contribution in [2.24, 2.45) is 0 Å². The molecule has 0 fully saturated rings. The van der Waals surface area contributed by atoms with Crippen LogP contribution >= 0.6 is 22.6 Å². The van der Waals surface area contributed by atoms with Crippen LogP contribution in [0.4, 0.5) is 0 Å². The lowest BCUT2D eigenvalue weighted by Gasteiger charge is -2.10. The van der Waals surface area contributed by atoms with Gasteiger partial charge in [-0.25, -0.2) is 9.78 Å². The van der Waals surface area contributed by atoms with Crippen LogP contribution in [-0.2, 0) is 4.74 Å². The van der Waals surface area contributed by atoms with E-state index in [0.717, 1.165) is 0 Å². The van der Waals surface area contributed by atoms with Gasteiger partial charge in [0.05, 0.1) is 12.8 Å². The molecular formula is C17H13IN2O4. The monoisotopic (exact) mass is 436 g/mol. The third-order valence-corrected chi connectivity index (χ3v) is 4.06. The van der Waals surface area contributed by atoms with E-state index >= 15 is 0 Å². The first kappa shape index (κ1) is 16.4. The second-order valence-corrected chi connectivity index (χ2v) is 5.84. The summed E-state index contributed by atoms with van der Waals surface area (Å²) in [5.41, 5.74) is -0.0883. The molecular weight excluding hydrogens is 423 g/mol. The summed E-state index contributed by atoms with van der Waals surface area (Å²) in [7, 11) is 0. The topological polar surface area (TPSA) is 81.5 Å². The number of benzene rings is 1. The number of esters is 1. The van der Waals surface area contributed by atoms with Gasteiger partial charge in [-0.15, -0.1) is 0 Å². The Balaban J connectivity index is 2.03. The van der Waals surface area contributed by atoms with Crippen LogP contribution in [0.15, 0.2) is 42.7 Å². The second-order valence-electron chi connectivity index (χ2n) is 4.82. The lowest BCUT2D eigenvalue weighted by Crippen LogP contribution is -2.08. The predicted molar refractivity (Wildman–Crippen MR) is 96.4 cm³/mol. The van der Waals surface area contributed by atoms with E-state index in [4.69, 9.17) is 9.47 Å². The number of hydrogen-bond donors (Lipinski definition) is 1. The van der Waals surface area contributed by atoms with Crippen molar-refractivity contribution in [3.05, 3.63) is 52.1 Å². The van der Waals surface area contributed by atoms with Gasteiger partial charge in [0.1, 0.15) is 15.2 Å². The zero-order valence-corrected chi connectivity index (χ0v) is 14.9. The van der Waals surface area contributed by atoms with Crippen LogP contribution in [0, 0.1) is 3.70 Å². The second kappa shape index (κ2) is 7.00. The van der Waals surface area contributed by atoms with Gasteiger partial charge in [-0.2, -0.15) is 0 Å². The first-order chi connectivity index (χ1) is 11.6. The molecule has 0 bridgehead atoms. The average Bonchev–Trinajstić information content (AvgIpc) is 2.59. The predicted octanol–water partition coefficient (Wildman–Crippen LogP) is 3.91. The molecule has 0 radical (unpaired) electrons. The van der Waals surface area contributed by atoms with E-state index in [-0.39, 0.29) is 18.1 Å². The average molecular weight is 436 g/mol. The molecule has 0 amide bonds. The standard InChI is InChI=1S/C17H13IN2O4/c1-2-23-17(22)14-15(21)12-6-5-10(8-13(12)16(18)20-14)24-11-4-3-7-19-9-11/h3-9,21H,2H2,1H3. The molecule has 0 aliphatic carbocycles. The van der Waals surface area contributed by atoms with Crippen molar-refractivity contribution in [3.63, 3.8) is 0 Å².